The molecule has 0 atom stereocenters. The topological polar surface area (TPSA) is 41.4 Å². The molecule has 1 saturated heterocycles. The third-order valence-electron chi connectivity index (χ3n) is 6.79. The van der Waals surface area contributed by atoms with Crippen molar-refractivity contribution in [3.05, 3.63) is 101 Å². The monoisotopic (exact) mass is 452 g/mol. The number of fused-ring (bicyclic) bond motifs is 1. The summed E-state index contributed by atoms with van der Waals surface area (Å²) in [7, 11) is 0. The van der Waals surface area contributed by atoms with E-state index in [1.54, 1.807) is 0 Å². The van der Waals surface area contributed by atoms with Crippen LogP contribution < -0.4 is 0 Å². The van der Waals surface area contributed by atoms with E-state index in [9.17, 15) is 4.79 Å². The summed E-state index contributed by atoms with van der Waals surface area (Å²) in [5.74, 6) is 1.21. The Labute approximate surface area is 201 Å². The lowest BCUT2D eigenvalue weighted by Crippen LogP contribution is -2.48. The zero-order valence-corrected chi connectivity index (χ0v) is 20.1. The number of piperazine rings is 1. The molecule has 1 amide bonds. The van der Waals surface area contributed by atoms with Gasteiger partial charge in [-0.15, -0.1) is 0 Å². The van der Waals surface area contributed by atoms with Gasteiger partial charge >= 0.3 is 0 Å². The second-order valence-corrected chi connectivity index (χ2v) is 9.21. The lowest BCUT2D eigenvalue weighted by molar-refractivity contribution is 0.0624. The molecule has 5 rings (SSSR count). The minimum atomic E-state index is 0.133. The van der Waals surface area contributed by atoms with Gasteiger partial charge in [-0.3, -0.25) is 9.69 Å². The Hall–Kier alpha value is -3.44. The first-order valence-electron chi connectivity index (χ1n) is 12.2. The molecule has 0 radical (unpaired) electrons. The molecule has 0 aliphatic carbocycles. The Morgan fingerprint density at radius 2 is 1.62 bits per heavy atom. The number of rotatable bonds is 6. The molecule has 0 bridgehead atoms. The molecule has 0 N–H and O–H groups in total. The summed E-state index contributed by atoms with van der Waals surface area (Å²) in [6.07, 6.45) is 0.988. The van der Waals surface area contributed by atoms with Crippen LogP contribution in [-0.2, 0) is 19.5 Å². The smallest absolute Gasteiger partial charge is 0.253 e. The van der Waals surface area contributed by atoms with Crippen LogP contribution in [0.4, 0.5) is 0 Å². The van der Waals surface area contributed by atoms with Crippen LogP contribution in [0.5, 0.6) is 0 Å². The maximum atomic E-state index is 13.0. The fraction of sp³-hybridized carbons (Fsp3) is 0.310. The normalized spacial score (nSPS) is 14.6. The lowest BCUT2D eigenvalue weighted by atomic mass is 10.1. The summed E-state index contributed by atoms with van der Waals surface area (Å²) < 4.78 is 2.34. The van der Waals surface area contributed by atoms with Gasteiger partial charge in [-0.2, -0.15) is 0 Å². The van der Waals surface area contributed by atoms with Crippen molar-refractivity contribution in [1.29, 1.82) is 0 Å². The standard InChI is InChI=1S/C29H32N4O/c1-3-23-11-13-25(14-12-23)29(34)32-17-15-31(16-18-32)21-28-30-26-9-4-5-10-27(26)33(28)20-24-8-6-7-22(2)19-24/h4-14,19H,3,15-18,20-21H2,1-2H3. The van der Waals surface area contributed by atoms with Gasteiger partial charge in [-0.05, 0) is 48.7 Å². The summed E-state index contributed by atoms with van der Waals surface area (Å²) in [6, 6.07) is 25.1. The first-order chi connectivity index (χ1) is 16.6. The number of aryl methyl sites for hydroxylation is 2. The van der Waals surface area contributed by atoms with Crippen molar-refractivity contribution < 1.29 is 4.79 Å². The van der Waals surface area contributed by atoms with Crippen LogP contribution in [0.3, 0.4) is 0 Å². The Morgan fingerprint density at radius 1 is 0.853 bits per heavy atom. The van der Waals surface area contributed by atoms with Crippen molar-refractivity contribution in [2.45, 2.75) is 33.4 Å². The number of carbonyl (C=O) groups is 1. The molecule has 4 aromatic rings. The van der Waals surface area contributed by atoms with Crippen molar-refractivity contribution in [3.63, 3.8) is 0 Å². The van der Waals surface area contributed by atoms with Crippen LogP contribution in [0.1, 0.15) is 39.8 Å². The van der Waals surface area contributed by atoms with Gasteiger partial charge in [0.2, 0.25) is 0 Å². The molecule has 1 aromatic heterocycles. The van der Waals surface area contributed by atoms with E-state index >= 15 is 0 Å². The molecular formula is C29H32N4O. The van der Waals surface area contributed by atoms with Gasteiger partial charge in [0.1, 0.15) is 5.82 Å². The third kappa shape index (κ3) is 4.75. The lowest BCUT2D eigenvalue weighted by Gasteiger charge is -2.34. The molecule has 0 unspecified atom stereocenters. The number of nitrogens with zero attached hydrogens (tertiary/aromatic N) is 4. The highest BCUT2D eigenvalue weighted by atomic mass is 16.2. The summed E-state index contributed by atoms with van der Waals surface area (Å²) in [5.41, 5.74) is 6.81. The van der Waals surface area contributed by atoms with E-state index in [1.165, 1.54) is 22.2 Å². The Kier molecular flexibility index (Phi) is 6.45. The number of aromatic nitrogens is 2. The van der Waals surface area contributed by atoms with E-state index in [-0.39, 0.29) is 5.91 Å². The number of hydrogen-bond donors (Lipinski definition) is 0. The van der Waals surface area contributed by atoms with E-state index in [1.807, 2.05) is 23.1 Å². The van der Waals surface area contributed by atoms with E-state index in [0.29, 0.717) is 0 Å². The van der Waals surface area contributed by atoms with Crippen LogP contribution in [0.15, 0.2) is 72.8 Å². The number of carbonyl (C=O) groups excluding carboxylic acids is 1. The van der Waals surface area contributed by atoms with Gasteiger partial charge < -0.3 is 9.47 Å². The maximum Gasteiger partial charge on any atom is 0.253 e. The average Bonchev–Trinajstić information content (AvgIpc) is 3.21. The van der Waals surface area contributed by atoms with Crippen LogP contribution in [0.25, 0.3) is 11.0 Å². The quantitative estimate of drug-likeness (QED) is 0.417. The van der Waals surface area contributed by atoms with Crippen LogP contribution >= 0.6 is 0 Å². The molecule has 0 spiro atoms. The highest BCUT2D eigenvalue weighted by Crippen LogP contribution is 2.21. The number of para-hydroxylation sites is 2. The molecule has 1 fully saturated rings. The highest BCUT2D eigenvalue weighted by molar-refractivity contribution is 5.94. The molecule has 1 aliphatic heterocycles. The van der Waals surface area contributed by atoms with E-state index < -0.39 is 0 Å². The van der Waals surface area contributed by atoms with Gasteiger partial charge in [0.25, 0.3) is 5.91 Å². The predicted molar refractivity (Wildman–Crippen MR) is 137 cm³/mol. The zero-order chi connectivity index (χ0) is 23.5. The molecule has 2 heterocycles. The number of benzene rings is 3. The van der Waals surface area contributed by atoms with Crippen molar-refractivity contribution >= 4 is 16.9 Å². The Bertz CT molecular complexity index is 1280. The zero-order valence-electron chi connectivity index (χ0n) is 20.1. The van der Waals surface area contributed by atoms with E-state index in [4.69, 9.17) is 4.98 Å². The molecule has 3 aromatic carbocycles. The molecule has 5 nitrogen and oxygen atoms in total. The van der Waals surface area contributed by atoms with Crippen molar-refractivity contribution in [2.24, 2.45) is 0 Å². The van der Waals surface area contributed by atoms with E-state index in [2.05, 4.69) is 77.9 Å². The molecule has 1 aliphatic rings. The Balaban J connectivity index is 1.29. The van der Waals surface area contributed by atoms with Gasteiger partial charge in [0, 0.05) is 38.3 Å². The van der Waals surface area contributed by atoms with Crippen LogP contribution in [0, 0.1) is 6.92 Å². The molecule has 0 saturated carbocycles. The number of amides is 1. The summed E-state index contributed by atoms with van der Waals surface area (Å²) >= 11 is 0. The summed E-state index contributed by atoms with van der Waals surface area (Å²) in [5, 5.41) is 0. The highest BCUT2D eigenvalue weighted by Gasteiger charge is 2.23. The third-order valence-corrected chi connectivity index (χ3v) is 6.79. The molecular weight excluding hydrogens is 420 g/mol. The Morgan fingerprint density at radius 3 is 2.35 bits per heavy atom. The maximum absolute atomic E-state index is 13.0. The first-order valence-corrected chi connectivity index (χ1v) is 12.2. The SMILES string of the molecule is CCc1ccc(C(=O)N2CCN(Cc3nc4ccccc4n3Cc3cccc(C)c3)CC2)cc1. The predicted octanol–water partition coefficient (Wildman–Crippen LogP) is 4.91. The van der Waals surface area contributed by atoms with Gasteiger partial charge in [0.05, 0.1) is 17.6 Å². The van der Waals surface area contributed by atoms with Crippen LogP contribution in [0.2, 0.25) is 0 Å². The van der Waals surface area contributed by atoms with Gasteiger partial charge in [-0.25, -0.2) is 4.98 Å². The molecule has 174 valence electrons. The second-order valence-electron chi connectivity index (χ2n) is 9.21. The van der Waals surface area contributed by atoms with Gasteiger partial charge in [0.15, 0.2) is 0 Å². The van der Waals surface area contributed by atoms with Crippen molar-refractivity contribution in [1.82, 2.24) is 19.4 Å². The average molecular weight is 453 g/mol. The molecule has 5 heteroatoms. The van der Waals surface area contributed by atoms with Crippen molar-refractivity contribution in [3.8, 4) is 0 Å². The van der Waals surface area contributed by atoms with Crippen LogP contribution in [-0.4, -0.2) is 51.4 Å². The van der Waals surface area contributed by atoms with Crippen molar-refractivity contribution in [2.75, 3.05) is 26.2 Å². The number of imidazole rings is 1. The van der Waals surface area contributed by atoms with Gasteiger partial charge in [-0.1, -0.05) is 61.0 Å². The summed E-state index contributed by atoms with van der Waals surface area (Å²) in [4.78, 5) is 22.3. The molecule has 34 heavy (non-hydrogen) atoms. The second kappa shape index (κ2) is 9.82. The minimum Gasteiger partial charge on any atom is -0.336 e. The fourth-order valence-electron chi connectivity index (χ4n) is 4.79. The fourth-order valence-corrected chi connectivity index (χ4v) is 4.79. The summed E-state index contributed by atoms with van der Waals surface area (Å²) in [6.45, 7) is 9.05. The first kappa shape index (κ1) is 22.4. The number of hydrogen-bond acceptors (Lipinski definition) is 3. The van der Waals surface area contributed by atoms with E-state index in [0.717, 1.165) is 62.6 Å². The minimum absolute atomic E-state index is 0.133. The largest absolute Gasteiger partial charge is 0.336 e.